The third kappa shape index (κ3) is 1.83. The highest BCUT2D eigenvalue weighted by Crippen LogP contribution is 2.32. The van der Waals surface area contributed by atoms with Crippen molar-refractivity contribution in [3.8, 4) is 0 Å². The molecule has 5 nitrogen and oxygen atoms in total. The van der Waals surface area contributed by atoms with Crippen molar-refractivity contribution in [2.75, 3.05) is 13.1 Å². The number of aromatic nitrogens is 3. The summed E-state index contributed by atoms with van der Waals surface area (Å²) in [6.45, 7) is 1.70. The van der Waals surface area contributed by atoms with Crippen LogP contribution in [0.2, 0.25) is 0 Å². The molecule has 0 radical (unpaired) electrons. The second-order valence-electron chi connectivity index (χ2n) is 5.20. The van der Waals surface area contributed by atoms with Gasteiger partial charge in [0.2, 0.25) is 5.91 Å². The highest BCUT2D eigenvalue weighted by molar-refractivity contribution is 5.79. The predicted octanol–water partition coefficient (Wildman–Crippen LogP) is 0.931. The summed E-state index contributed by atoms with van der Waals surface area (Å²) in [7, 11) is 1.96. The molecule has 1 amide bonds. The summed E-state index contributed by atoms with van der Waals surface area (Å²) in [6.07, 6.45) is 6.14. The van der Waals surface area contributed by atoms with Gasteiger partial charge in [0.05, 0.1) is 0 Å². The van der Waals surface area contributed by atoms with Gasteiger partial charge < -0.3 is 9.47 Å². The number of amides is 1. The van der Waals surface area contributed by atoms with E-state index < -0.39 is 0 Å². The Balaban J connectivity index is 1.65. The Labute approximate surface area is 101 Å². The van der Waals surface area contributed by atoms with Crippen LogP contribution in [-0.4, -0.2) is 38.7 Å². The number of nitrogens with zero attached hydrogens (tertiary/aromatic N) is 4. The first-order chi connectivity index (χ1) is 8.25. The van der Waals surface area contributed by atoms with Gasteiger partial charge in [0.15, 0.2) is 0 Å². The number of rotatable bonds is 2. The Kier molecular flexibility index (Phi) is 2.61. The van der Waals surface area contributed by atoms with Gasteiger partial charge in [-0.1, -0.05) is 6.42 Å². The normalized spacial score (nSPS) is 25.0. The van der Waals surface area contributed by atoms with Crippen LogP contribution < -0.4 is 0 Å². The molecular formula is C12H18N4O. The van der Waals surface area contributed by atoms with Crippen molar-refractivity contribution < 1.29 is 4.79 Å². The van der Waals surface area contributed by atoms with Crippen molar-refractivity contribution in [3.05, 3.63) is 12.2 Å². The minimum atomic E-state index is 0.313. The lowest BCUT2D eigenvalue weighted by Gasteiger charge is -2.29. The Morgan fingerprint density at radius 3 is 2.82 bits per heavy atom. The summed E-state index contributed by atoms with van der Waals surface area (Å²) >= 11 is 0. The van der Waals surface area contributed by atoms with Crippen molar-refractivity contribution in [1.29, 1.82) is 0 Å². The fourth-order valence-electron chi connectivity index (χ4n) is 2.75. The van der Waals surface area contributed by atoms with Gasteiger partial charge in [-0.15, -0.1) is 10.2 Å². The van der Waals surface area contributed by atoms with E-state index in [-0.39, 0.29) is 0 Å². The SMILES string of the molecule is Cn1cnnc1C1CCN(C(=O)C2CCC2)C1. The molecule has 17 heavy (non-hydrogen) atoms. The van der Waals surface area contributed by atoms with Crippen molar-refractivity contribution >= 4 is 5.91 Å². The Morgan fingerprint density at radius 2 is 2.24 bits per heavy atom. The summed E-state index contributed by atoms with van der Waals surface area (Å²) in [5.41, 5.74) is 0. The van der Waals surface area contributed by atoms with Crippen LogP contribution in [0.25, 0.3) is 0 Å². The van der Waals surface area contributed by atoms with Gasteiger partial charge >= 0.3 is 0 Å². The number of carbonyl (C=O) groups is 1. The first-order valence-corrected chi connectivity index (χ1v) is 6.38. The Hall–Kier alpha value is -1.39. The van der Waals surface area contributed by atoms with E-state index in [1.165, 1.54) is 6.42 Å². The maximum atomic E-state index is 12.1. The number of hydrogen-bond acceptors (Lipinski definition) is 3. The maximum Gasteiger partial charge on any atom is 0.225 e. The number of carbonyl (C=O) groups excluding carboxylic acids is 1. The minimum Gasteiger partial charge on any atom is -0.342 e. The molecule has 0 aromatic carbocycles. The van der Waals surface area contributed by atoms with Crippen LogP contribution in [0.5, 0.6) is 0 Å². The van der Waals surface area contributed by atoms with Gasteiger partial charge in [-0.25, -0.2) is 0 Å². The highest BCUT2D eigenvalue weighted by Gasteiger charge is 2.35. The Bertz CT molecular complexity index is 424. The van der Waals surface area contributed by atoms with Crippen LogP contribution in [0.3, 0.4) is 0 Å². The molecule has 1 atom stereocenters. The van der Waals surface area contributed by atoms with Crippen LogP contribution in [0, 0.1) is 5.92 Å². The first kappa shape index (κ1) is 10.7. The van der Waals surface area contributed by atoms with E-state index >= 15 is 0 Å². The van der Waals surface area contributed by atoms with Gasteiger partial charge in [-0.3, -0.25) is 4.79 Å². The smallest absolute Gasteiger partial charge is 0.225 e. The molecule has 2 fully saturated rings. The molecule has 0 N–H and O–H groups in total. The van der Waals surface area contributed by atoms with Crippen molar-refractivity contribution in [3.63, 3.8) is 0 Å². The number of aryl methyl sites for hydroxylation is 1. The summed E-state index contributed by atoms with van der Waals surface area (Å²) in [5.74, 6) is 2.05. The van der Waals surface area contributed by atoms with Crippen molar-refractivity contribution in [2.24, 2.45) is 13.0 Å². The molecule has 2 heterocycles. The van der Waals surface area contributed by atoms with Crippen LogP contribution in [0.15, 0.2) is 6.33 Å². The highest BCUT2D eigenvalue weighted by atomic mass is 16.2. The number of hydrogen-bond donors (Lipinski definition) is 0. The summed E-state index contributed by atoms with van der Waals surface area (Å²) in [6, 6.07) is 0. The molecule has 0 spiro atoms. The van der Waals surface area contributed by atoms with Gasteiger partial charge in [0.25, 0.3) is 0 Å². The van der Waals surface area contributed by atoms with Crippen LogP contribution in [0.1, 0.15) is 37.4 Å². The van der Waals surface area contributed by atoms with E-state index in [1.807, 2.05) is 16.5 Å². The van der Waals surface area contributed by atoms with E-state index in [2.05, 4.69) is 10.2 Å². The quantitative estimate of drug-likeness (QED) is 0.765. The molecule has 1 aromatic rings. The topological polar surface area (TPSA) is 51.0 Å². The van der Waals surface area contributed by atoms with Crippen LogP contribution in [-0.2, 0) is 11.8 Å². The van der Waals surface area contributed by atoms with E-state index in [0.717, 1.165) is 38.2 Å². The second kappa shape index (κ2) is 4.13. The molecule has 92 valence electrons. The Morgan fingerprint density at radius 1 is 1.41 bits per heavy atom. The van der Waals surface area contributed by atoms with E-state index in [0.29, 0.717) is 17.7 Å². The zero-order chi connectivity index (χ0) is 11.8. The molecular weight excluding hydrogens is 216 g/mol. The van der Waals surface area contributed by atoms with Crippen molar-refractivity contribution in [2.45, 2.75) is 31.6 Å². The standard InChI is InChI=1S/C12H18N4O/c1-15-8-13-14-11(15)10-5-6-16(7-10)12(17)9-3-2-4-9/h8-10H,2-7H2,1H3. The molecule has 2 aliphatic rings. The summed E-state index contributed by atoms with van der Waals surface area (Å²) in [4.78, 5) is 14.1. The summed E-state index contributed by atoms with van der Waals surface area (Å²) < 4.78 is 1.96. The molecule has 1 saturated carbocycles. The van der Waals surface area contributed by atoms with Gasteiger partial charge in [0, 0.05) is 32.0 Å². The lowest BCUT2D eigenvalue weighted by atomic mass is 9.84. The fraction of sp³-hybridized carbons (Fsp3) is 0.750. The molecule has 1 aromatic heterocycles. The van der Waals surface area contributed by atoms with E-state index in [9.17, 15) is 4.79 Å². The molecule has 1 saturated heterocycles. The summed E-state index contributed by atoms with van der Waals surface area (Å²) in [5, 5.41) is 8.05. The van der Waals surface area contributed by atoms with Gasteiger partial charge in [-0.05, 0) is 19.3 Å². The zero-order valence-corrected chi connectivity index (χ0v) is 10.2. The van der Waals surface area contributed by atoms with Gasteiger partial charge in [-0.2, -0.15) is 0 Å². The molecule has 5 heteroatoms. The monoisotopic (exact) mass is 234 g/mol. The molecule has 1 aliphatic heterocycles. The maximum absolute atomic E-state index is 12.1. The number of likely N-dealkylation sites (tertiary alicyclic amines) is 1. The van der Waals surface area contributed by atoms with E-state index in [1.54, 1.807) is 6.33 Å². The lowest BCUT2D eigenvalue weighted by molar-refractivity contribution is -0.137. The third-order valence-corrected chi connectivity index (χ3v) is 4.07. The zero-order valence-electron chi connectivity index (χ0n) is 10.2. The van der Waals surface area contributed by atoms with Gasteiger partial charge in [0.1, 0.15) is 12.2 Å². The van der Waals surface area contributed by atoms with Crippen molar-refractivity contribution in [1.82, 2.24) is 19.7 Å². The largest absolute Gasteiger partial charge is 0.342 e. The second-order valence-corrected chi connectivity index (χ2v) is 5.20. The molecule has 1 unspecified atom stereocenters. The van der Waals surface area contributed by atoms with Crippen LogP contribution >= 0.6 is 0 Å². The predicted molar refractivity (Wildman–Crippen MR) is 62.3 cm³/mol. The average molecular weight is 234 g/mol. The molecule has 3 rings (SSSR count). The van der Waals surface area contributed by atoms with Crippen LogP contribution in [0.4, 0.5) is 0 Å². The minimum absolute atomic E-state index is 0.313. The third-order valence-electron chi connectivity index (χ3n) is 4.07. The lowest BCUT2D eigenvalue weighted by Crippen LogP contribution is -2.37. The fourth-order valence-corrected chi connectivity index (χ4v) is 2.75. The first-order valence-electron chi connectivity index (χ1n) is 6.38. The molecule has 1 aliphatic carbocycles. The average Bonchev–Trinajstić information content (AvgIpc) is 2.82. The molecule has 0 bridgehead atoms. The van der Waals surface area contributed by atoms with E-state index in [4.69, 9.17) is 0 Å².